The number of benzene rings is 1. The van der Waals surface area contributed by atoms with Gasteiger partial charge in [0.15, 0.2) is 5.78 Å². The number of amides is 1. The summed E-state index contributed by atoms with van der Waals surface area (Å²) in [6.45, 7) is 2.00. The van der Waals surface area contributed by atoms with E-state index in [1.165, 1.54) is 24.3 Å². The Balaban J connectivity index is 1.63. The number of halogens is 1. The number of Topliss-reactive ketones (excluding diaryl/α,β-unsaturated/α-hetero) is 1. The van der Waals surface area contributed by atoms with E-state index in [0.29, 0.717) is 18.7 Å². The van der Waals surface area contributed by atoms with Gasteiger partial charge in [0.2, 0.25) is 5.91 Å². The van der Waals surface area contributed by atoms with Crippen LogP contribution in [0.4, 0.5) is 4.39 Å². The van der Waals surface area contributed by atoms with E-state index in [1.807, 2.05) is 17.0 Å². The predicted molar refractivity (Wildman–Crippen MR) is 91.5 cm³/mol. The molecule has 0 aliphatic carbocycles. The zero-order valence-corrected chi connectivity index (χ0v) is 13.8. The van der Waals surface area contributed by atoms with Crippen LogP contribution in [0.1, 0.15) is 34.8 Å². The number of ketones is 1. The molecule has 25 heavy (non-hydrogen) atoms. The lowest BCUT2D eigenvalue weighted by Gasteiger charge is -2.36. The second-order valence-corrected chi connectivity index (χ2v) is 6.02. The molecule has 1 atom stereocenters. The number of carbonyl (C=O) groups excluding carboxylic acids is 2. The average Bonchev–Trinajstić information content (AvgIpc) is 2.67. The summed E-state index contributed by atoms with van der Waals surface area (Å²) < 4.78 is 12.9. The smallest absolute Gasteiger partial charge is 0.223 e. The molecule has 0 spiro atoms. The zero-order valence-electron chi connectivity index (χ0n) is 13.8. The average molecular weight is 341 g/mol. The fourth-order valence-corrected chi connectivity index (χ4v) is 3.02. The van der Waals surface area contributed by atoms with E-state index in [9.17, 15) is 14.0 Å². The summed E-state index contributed by atoms with van der Waals surface area (Å²) in [7, 11) is 0. The molecule has 1 aliphatic rings. The van der Waals surface area contributed by atoms with Gasteiger partial charge in [-0.25, -0.2) is 4.39 Å². The van der Waals surface area contributed by atoms with Gasteiger partial charge in [0.05, 0.1) is 6.04 Å². The Kier molecular flexibility index (Phi) is 5.50. The summed E-state index contributed by atoms with van der Waals surface area (Å²) in [6.07, 6.45) is 3.73. The van der Waals surface area contributed by atoms with Gasteiger partial charge >= 0.3 is 0 Å². The molecule has 1 N–H and O–H groups in total. The summed E-state index contributed by atoms with van der Waals surface area (Å²) in [4.78, 5) is 30.8. The Morgan fingerprint density at radius 2 is 2.00 bits per heavy atom. The minimum absolute atomic E-state index is 0.0502. The van der Waals surface area contributed by atoms with Crippen molar-refractivity contribution in [1.29, 1.82) is 0 Å². The first-order valence-corrected chi connectivity index (χ1v) is 8.34. The van der Waals surface area contributed by atoms with Crippen molar-refractivity contribution in [3.63, 3.8) is 0 Å². The third-order valence-corrected chi connectivity index (χ3v) is 4.37. The quantitative estimate of drug-likeness (QED) is 0.848. The van der Waals surface area contributed by atoms with Gasteiger partial charge in [0, 0.05) is 50.4 Å². The van der Waals surface area contributed by atoms with Crippen LogP contribution in [0.2, 0.25) is 0 Å². The molecule has 2 aromatic rings. The highest BCUT2D eigenvalue weighted by molar-refractivity contribution is 5.97. The first kappa shape index (κ1) is 17.2. The molecule has 5 nitrogen and oxygen atoms in total. The van der Waals surface area contributed by atoms with Crippen molar-refractivity contribution in [1.82, 2.24) is 15.2 Å². The number of nitrogens with zero attached hydrogens (tertiary/aromatic N) is 2. The number of hydrogen-bond acceptors (Lipinski definition) is 4. The first-order chi connectivity index (χ1) is 12.1. The maximum Gasteiger partial charge on any atom is 0.223 e. The molecule has 2 heterocycles. The standard InChI is InChI=1S/C19H20FN3O2/c20-16-5-3-14(4-6-16)18(24)7-8-19(25)23-11-10-22-13-17(23)15-2-1-9-21-12-15/h1-6,9,12,17,22H,7-8,10-11,13H2. The van der Waals surface area contributed by atoms with Crippen LogP contribution in [-0.4, -0.2) is 41.2 Å². The number of rotatable bonds is 5. The first-order valence-electron chi connectivity index (χ1n) is 8.34. The monoisotopic (exact) mass is 341 g/mol. The van der Waals surface area contributed by atoms with E-state index in [1.54, 1.807) is 12.4 Å². The number of hydrogen-bond donors (Lipinski definition) is 1. The molecule has 1 amide bonds. The van der Waals surface area contributed by atoms with Crippen molar-refractivity contribution < 1.29 is 14.0 Å². The molecule has 6 heteroatoms. The van der Waals surface area contributed by atoms with Gasteiger partial charge in [-0.05, 0) is 35.9 Å². The van der Waals surface area contributed by atoms with Crippen LogP contribution in [0.15, 0.2) is 48.8 Å². The summed E-state index contributed by atoms with van der Waals surface area (Å²) >= 11 is 0. The SMILES string of the molecule is O=C(CCC(=O)N1CCNCC1c1cccnc1)c1ccc(F)cc1. The van der Waals surface area contributed by atoms with E-state index < -0.39 is 0 Å². The largest absolute Gasteiger partial charge is 0.333 e. The highest BCUT2D eigenvalue weighted by atomic mass is 19.1. The normalized spacial score (nSPS) is 17.3. The highest BCUT2D eigenvalue weighted by Gasteiger charge is 2.28. The van der Waals surface area contributed by atoms with Crippen molar-refractivity contribution in [2.24, 2.45) is 0 Å². The van der Waals surface area contributed by atoms with Gasteiger partial charge in [-0.3, -0.25) is 14.6 Å². The van der Waals surface area contributed by atoms with Crippen LogP contribution in [0, 0.1) is 5.82 Å². The molecule has 1 aromatic heterocycles. The third-order valence-electron chi connectivity index (χ3n) is 4.37. The van der Waals surface area contributed by atoms with Gasteiger partial charge in [-0.2, -0.15) is 0 Å². The van der Waals surface area contributed by atoms with Crippen molar-refractivity contribution >= 4 is 11.7 Å². The van der Waals surface area contributed by atoms with Gasteiger partial charge in [0.25, 0.3) is 0 Å². The van der Waals surface area contributed by atoms with E-state index in [4.69, 9.17) is 0 Å². The van der Waals surface area contributed by atoms with Crippen molar-refractivity contribution in [3.8, 4) is 0 Å². The Bertz CT molecular complexity index is 734. The predicted octanol–water partition coefficient (Wildman–Crippen LogP) is 2.36. The summed E-state index contributed by atoms with van der Waals surface area (Å²) in [5.41, 5.74) is 1.41. The van der Waals surface area contributed by atoms with E-state index >= 15 is 0 Å². The lowest BCUT2D eigenvalue weighted by molar-refractivity contribution is -0.134. The number of aromatic nitrogens is 1. The van der Waals surface area contributed by atoms with Crippen LogP contribution < -0.4 is 5.32 Å². The number of nitrogens with one attached hydrogen (secondary N) is 1. The Morgan fingerprint density at radius 1 is 1.20 bits per heavy atom. The molecule has 1 saturated heterocycles. The molecule has 130 valence electrons. The van der Waals surface area contributed by atoms with Crippen LogP contribution >= 0.6 is 0 Å². The van der Waals surface area contributed by atoms with Crippen LogP contribution in [0.25, 0.3) is 0 Å². The minimum Gasteiger partial charge on any atom is -0.333 e. The summed E-state index contributed by atoms with van der Waals surface area (Å²) in [5, 5.41) is 3.29. The van der Waals surface area contributed by atoms with Crippen LogP contribution in [0.3, 0.4) is 0 Å². The molecule has 0 saturated carbocycles. The van der Waals surface area contributed by atoms with Crippen molar-refractivity contribution in [2.45, 2.75) is 18.9 Å². The Labute approximate surface area is 145 Å². The fourth-order valence-electron chi connectivity index (χ4n) is 3.02. The van der Waals surface area contributed by atoms with E-state index in [-0.39, 0.29) is 36.4 Å². The fraction of sp³-hybridized carbons (Fsp3) is 0.316. The maximum atomic E-state index is 12.9. The lowest BCUT2D eigenvalue weighted by atomic mass is 10.0. The zero-order chi connectivity index (χ0) is 17.6. The van der Waals surface area contributed by atoms with Crippen molar-refractivity contribution in [3.05, 3.63) is 65.7 Å². The summed E-state index contributed by atoms with van der Waals surface area (Å²) in [5.74, 6) is -0.583. The van der Waals surface area contributed by atoms with Gasteiger partial charge in [0.1, 0.15) is 5.82 Å². The second-order valence-electron chi connectivity index (χ2n) is 6.02. The molecule has 1 aliphatic heterocycles. The number of carbonyl (C=O) groups is 2. The highest BCUT2D eigenvalue weighted by Crippen LogP contribution is 2.22. The van der Waals surface area contributed by atoms with Crippen molar-refractivity contribution in [2.75, 3.05) is 19.6 Å². The minimum atomic E-state index is -0.382. The second kappa shape index (κ2) is 7.98. The molecule has 1 fully saturated rings. The molecule has 0 radical (unpaired) electrons. The van der Waals surface area contributed by atoms with Gasteiger partial charge in [-0.1, -0.05) is 6.07 Å². The lowest BCUT2D eigenvalue weighted by Crippen LogP contribution is -2.48. The van der Waals surface area contributed by atoms with Gasteiger partial charge < -0.3 is 10.2 Å². The maximum absolute atomic E-state index is 12.9. The third kappa shape index (κ3) is 4.28. The molecule has 1 unspecified atom stereocenters. The van der Waals surface area contributed by atoms with Crippen LogP contribution in [-0.2, 0) is 4.79 Å². The summed E-state index contributed by atoms with van der Waals surface area (Å²) in [6, 6.07) is 9.14. The number of pyridine rings is 1. The van der Waals surface area contributed by atoms with Gasteiger partial charge in [-0.15, -0.1) is 0 Å². The molecular formula is C19H20FN3O2. The number of piperazine rings is 1. The van der Waals surface area contributed by atoms with E-state index in [2.05, 4.69) is 10.3 Å². The molecule has 0 bridgehead atoms. The van der Waals surface area contributed by atoms with E-state index in [0.717, 1.165) is 12.1 Å². The topological polar surface area (TPSA) is 62.3 Å². The Morgan fingerprint density at radius 3 is 2.72 bits per heavy atom. The molecule has 3 rings (SSSR count). The molecular weight excluding hydrogens is 321 g/mol. The Hall–Kier alpha value is -2.60. The molecule has 1 aromatic carbocycles. The van der Waals surface area contributed by atoms with Crippen LogP contribution in [0.5, 0.6) is 0 Å².